The summed E-state index contributed by atoms with van der Waals surface area (Å²) >= 11 is 5.96. The van der Waals surface area contributed by atoms with Crippen LogP contribution in [0.5, 0.6) is 0 Å². The molecule has 0 heterocycles. The fourth-order valence-corrected chi connectivity index (χ4v) is 2.20. The molecule has 1 aromatic carbocycles. The molecular weight excluding hydrogens is 321 g/mol. The van der Waals surface area contributed by atoms with Gasteiger partial charge < -0.3 is 10.4 Å². The highest BCUT2D eigenvalue weighted by Crippen LogP contribution is 2.25. The summed E-state index contributed by atoms with van der Waals surface area (Å²) in [6.07, 6.45) is -4.25. The van der Waals surface area contributed by atoms with Crippen LogP contribution < -0.4 is 5.32 Å². The largest absolute Gasteiger partial charge is 0.401 e. The number of hydrogen-bond acceptors (Lipinski definition) is 3. The number of benzene rings is 1. The van der Waals surface area contributed by atoms with E-state index in [-0.39, 0.29) is 19.6 Å². The summed E-state index contributed by atoms with van der Waals surface area (Å²) in [4.78, 5) is 12.9. The number of rotatable bonds is 7. The molecule has 124 valence electrons. The number of carbonyl (C=O) groups excluding carboxylic acids is 1. The van der Waals surface area contributed by atoms with Gasteiger partial charge in [-0.25, -0.2) is 0 Å². The summed E-state index contributed by atoms with van der Waals surface area (Å²) in [7, 11) is 0. The van der Waals surface area contributed by atoms with Gasteiger partial charge in [0.2, 0.25) is 5.91 Å². The van der Waals surface area contributed by atoms with Crippen LogP contribution in [0.4, 0.5) is 18.9 Å². The summed E-state index contributed by atoms with van der Waals surface area (Å²) in [5.74, 6) is -0.585. The van der Waals surface area contributed by atoms with E-state index in [1.54, 1.807) is 25.1 Å². The van der Waals surface area contributed by atoms with E-state index in [4.69, 9.17) is 16.7 Å². The first-order chi connectivity index (χ1) is 10.2. The number of aliphatic hydroxyl groups excluding tert-OH is 1. The summed E-state index contributed by atoms with van der Waals surface area (Å²) < 4.78 is 37.4. The molecule has 1 amide bonds. The molecule has 8 heteroatoms. The second kappa shape index (κ2) is 8.36. The van der Waals surface area contributed by atoms with Crippen LogP contribution in [0, 0.1) is 6.92 Å². The highest BCUT2D eigenvalue weighted by Gasteiger charge is 2.31. The predicted octanol–water partition coefficient (Wildman–Crippen LogP) is 2.83. The number of nitrogens with one attached hydrogen (secondary N) is 1. The first-order valence-corrected chi connectivity index (χ1v) is 7.05. The van der Waals surface area contributed by atoms with Crippen molar-refractivity contribution in [1.29, 1.82) is 0 Å². The minimum absolute atomic E-state index is 0.0229. The molecule has 1 aromatic rings. The summed E-state index contributed by atoms with van der Waals surface area (Å²) in [6, 6.07) is 5.04. The van der Waals surface area contributed by atoms with Crippen molar-refractivity contribution in [3.8, 4) is 0 Å². The van der Waals surface area contributed by atoms with E-state index in [0.717, 1.165) is 10.5 Å². The Morgan fingerprint density at radius 2 is 2.09 bits per heavy atom. The molecule has 0 fully saturated rings. The third-order valence-electron chi connectivity index (χ3n) is 2.89. The van der Waals surface area contributed by atoms with E-state index >= 15 is 0 Å². The predicted molar refractivity (Wildman–Crippen MR) is 79.0 cm³/mol. The molecule has 22 heavy (non-hydrogen) atoms. The Balaban J connectivity index is 2.70. The zero-order valence-electron chi connectivity index (χ0n) is 12.1. The maximum atomic E-state index is 12.5. The molecule has 0 atom stereocenters. The van der Waals surface area contributed by atoms with E-state index in [0.29, 0.717) is 10.7 Å². The van der Waals surface area contributed by atoms with E-state index < -0.39 is 25.2 Å². The lowest BCUT2D eigenvalue weighted by Crippen LogP contribution is -2.40. The van der Waals surface area contributed by atoms with Gasteiger partial charge in [0.05, 0.1) is 23.8 Å². The number of aryl methyl sites for hydroxylation is 1. The molecule has 4 nitrogen and oxygen atoms in total. The Bertz CT molecular complexity index is 489. The third-order valence-corrected chi connectivity index (χ3v) is 3.20. The molecule has 1 rings (SSSR count). The number of para-hydroxylation sites is 1. The van der Waals surface area contributed by atoms with Gasteiger partial charge in [0, 0.05) is 13.2 Å². The standard InChI is InChI=1S/C14H18ClF3N2O2/c1-10-4-2-5-11(15)13(10)19-12(22)8-20(6-3-7-21)9-14(16,17)18/h2,4-5,21H,3,6-9H2,1H3,(H,19,22). The van der Waals surface area contributed by atoms with Crippen molar-refractivity contribution in [2.45, 2.75) is 19.5 Å². The van der Waals surface area contributed by atoms with Crippen LogP contribution in [-0.2, 0) is 4.79 Å². The van der Waals surface area contributed by atoms with Gasteiger partial charge >= 0.3 is 6.18 Å². The van der Waals surface area contributed by atoms with Gasteiger partial charge in [-0.15, -0.1) is 0 Å². The molecule has 0 aliphatic rings. The van der Waals surface area contributed by atoms with E-state index in [1.807, 2.05) is 0 Å². The number of carbonyl (C=O) groups is 1. The Kier molecular flexibility index (Phi) is 7.12. The highest BCUT2D eigenvalue weighted by atomic mass is 35.5. The number of amides is 1. The summed E-state index contributed by atoms with van der Waals surface area (Å²) in [5.41, 5.74) is 1.11. The SMILES string of the molecule is Cc1cccc(Cl)c1NC(=O)CN(CCCO)CC(F)(F)F. The van der Waals surface area contributed by atoms with Crippen molar-refractivity contribution in [1.82, 2.24) is 4.90 Å². The first kappa shape index (κ1) is 18.7. The van der Waals surface area contributed by atoms with E-state index in [1.165, 1.54) is 0 Å². The second-order valence-corrected chi connectivity index (χ2v) is 5.29. The van der Waals surface area contributed by atoms with Crippen LogP contribution >= 0.6 is 11.6 Å². The number of aliphatic hydroxyl groups is 1. The number of anilines is 1. The first-order valence-electron chi connectivity index (χ1n) is 6.68. The topological polar surface area (TPSA) is 52.6 Å². The Hall–Kier alpha value is -1.31. The molecule has 0 radical (unpaired) electrons. The second-order valence-electron chi connectivity index (χ2n) is 4.88. The molecule has 0 spiro atoms. The van der Waals surface area contributed by atoms with Crippen LogP contribution in [0.25, 0.3) is 0 Å². The number of alkyl halides is 3. The van der Waals surface area contributed by atoms with Crippen LogP contribution in [0.3, 0.4) is 0 Å². The molecule has 0 unspecified atom stereocenters. The zero-order valence-corrected chi connectivity index (χ0v) is 12.8. The zero-order chi connectivity index (χ0) is 16.8. The Morgan fingerprint density at radius 1 is 1.41 bits per heavy atom. The lowest BCUT2D eigenvalue weighted by atomic mass is 10.2. The number of halogens is 4. The van der Waals surface area contributed by atoms with Gasteiger partial charge in [-0.3, -0.25) is 9.69 Å². The fourth-order valence-electron chi connectivity index (χ4n) is 1.93. The van der Waals surface area contributed by atoms with Gasteiger partial charge in [0.15, 0.2) is 0 Å². The van der Waals surface area contributed by atoms with Gasteiger partial charge in [-0.2, -0.15) is 13.2 Å². The number of nitrogens with zero attached hydrogens (tertiary/aromatic N) is 1. The smallest absolute Gasteiger partial charge is 0.396 e. The van der Waals surface area contributed by atoms with Crippen molar-refractivity contribution >= 4 is 23.2 Å². The molecule has 0 aliphatic carbocycles. The molecule has 2 N–H and O–H groups in total. The van der Waals surface area contributed by atoms with Gasteiger partial charge in [-0.05, 0) is 25.0 Å². The minimum Gasteiger partial charge on any atom is -0.396 e. The quantitative estimate of drug-likeness (QED) is 0.804. The molecule has 0 bridgehead atoms. The monoisotopic (exact) mass is 338 g/mol. The van der Waals surface area contributed by atoms with Crippen molar-refractivity contribution in [2.24, 2.45) is 0 Å². The average Bonchev–Trinajstić information content (AvgIpc) is 2.38. The highest BCUT2D eigenvalue weighted by molar-refractivity contribution is 6.33. The molecule has 0 aliphatic heterocycles. The van der Waals surface area contributed by atoms with Crippen LogP contribution in [0.1, 0.15) is 12.0 Å². The van der Waals surface area contributed by atoms with E-state index in [2.05, 4.69) is 5.32 Å². The Labute approximate surface area is 131 Å². The van der Waals surface area contributed by atoms with Crippen molar-refractivity contribution in [3.63, 3.8) is 0 Å². The van der Waals surface area contributed by atoms with Crippen molar-refractivity contribution in [3.05, 3.63) is 28.8 Å². The normalized spacial score (nSPS) is 11.8. The van der Waals surface area contributed by atoms with Gasteiger partial charge in [0.25, 0.3) is 0 Å². The summed E-state index contributed by atoms with van der Waals surface area (Å²) in [5, 5.41) is 11.6. The maximum absolute atomic E-state index is 12.5. The van der Waals surface area contributed by atoms with Gasteiger partial charge in [-0.1, -0.05) is 23.7 Å². The Morgan fingerprint density at radius 3 is 2.64 bits per heavy atom. The molecule has 0 saturated heterocycles. The minimum atomic E-state index is -4.41. The third kappa shape index (κ3) is 6.64. The van der Waals surface area contributed by atoms with Crippen LogP contribution in [0.15, 0.2) is 18.2 Å². The molecule has 0 saturated carbocycles. The van der Waals surface area contributed by atoms with Crippen LogP contribution in [-0.4, -0.2) is 48.3 Å². The molecule has 0 aromatic heterocycles. The number of hydrogen-bond donors (Lipinski definition) is 2. The summed E-state index contributed by atoms with van der Waals surface area (Å²) in [6.45, 7) is -0.155. The lowest BCUT2D eigenvalue weighted by Gasteiger charge is -2.23. The fraction of sp³-hybridized carbons (Fsp3) is 0.500. The van der Waals surface area contributed by atoms with Gasteiger partial charge in [0.1, 0.15) is 0 Å². The lowest BCUT2D eigenvalue weighted by molar-refractivity contribution is -0.148. The van der Waals surface area contributed by atoms with Crippen molar-refractivity contribution < 1.29 is 23.1 Å². The maximum Gasteiger partial charge on any atom is 0.401 e. The van der Waals surface area contributed by atoms with Crippen LogP contribution in [0.2, 0.25) is 5.02 Å². The average molecular weight is 339 g/mol. The van der Waals surface area contributed by atoms with E-state index in [9.17, 15) is 18.0 Å². The van der Waals surface area contributed by atoms with Crippen molar-refractivity contribution in [2.75, 3.05) is 31.6 Å². The molecular formula is C14H18ClF3N2O2.